The number of ether oxygens (including phenoxy) is 2. The monoisotopic (exact) mass is 246 g/mol. The molecule has 0 amide bonds. The van der Waals surface area contributed by atoms with Crippen molar-refractivity contribution in [2.75, 3.05) is 7.11 Å². The number of carbonyl (C=O) groups is 2. The van der Waals surface area contributed by atoms with Crippen LogP contribution in [0.3, 0.4) is 0 Å². The molecule has 0 unspecified atom stereocenters. The van der Waals surface area contributed by atoms with Crippen molar-refractivity contribution in [2.45, 2.75) is 18.4 Å². The van der Waals surface area contributed by atoms with Crippen LogP contribution in [0.5, 0.6) is 0 Å². The summed E-state index contributed by atoms with van der Waals surface area (Å²) < 4.78 is 10.3. The number of hydrogen-bond acceptors (Lipinski definition) is 4. The van der Waals surface area contributed by atoms with Gasteiger partial charge >= 0.3 is 11.9 Å². The Balaban J connectivity index is 2.05. The lowest BCUT2D eigenvalue weighted by molar-refractivity contribution is -0.221. The Labute approximate surface area is 105 Å². The molecular formula is C14H14O4. The standard InChI is InChI=1S/C14H14O4/c1-17-12(15)10-7-8-11-13(16)18-14(10,11)9-5-3-2-4-6-9/h2-6,10-11H,7-8H2,1H3/t10-,11-,14+/m1/s1. The van der Waals surface area contributed by atoms with Gasteiger partial charge in [-0.15, -0.1) is 0 Å². The molecule has 1 saturated carbocycles. The summed E-state index contributed by atoms with van der Waals surface area (Å²) in [5.74, 6) is -1.09. The molecular weight excluding hydrogens is 232 g/mol. The lowest BCUT2D eigenvalue weighted by atomic mass is 9.74. The zero-order valence-corrected chi connectivity index (χ0v) is 10.1. The average molecular weight is 246 g/mol. The summed E-state index contributed by atoms with van der Waals surface area (Å²) in [5, 5.41) is 0. The molecule has 2 aliphatic rings. The summed E-state index contributed by atoms with van der Waals surface area (Å²) in [7, 11) is 1.37. The molecule has 4 nitrogen and oxygen atoms in total. The smallest absolute Gasteiger partial charge is 0.314 e. The first-order chi connectivity index (χ1) is 8.70. The highest BCUT2D eigenvalue weighted by molar-refractivity contribution is 5.87. The lowest BCUT2D eigenvalue weighted by Gasteiger charge is -2.46. The van der Waals surface area contributed by atoms with Crippen LogP contribution in [0.4, 0.5) is 0 Å². The maximum absolute atomic E-state index is 11.9. The fourth-order valence-corrected chi connectivity index (χ4v) is 3.21. The SMILES string of the molecule is COC(=O)[C@H]1CC[C@@H]2C(=O)O[C@@]12c1ccccc1. The number of benzene rings is 1. The Morgan fingerprint density at radius 1 is 1.33 bits per heavy atom. The molecule has 1 aliphatic heterocycles. The molecule has 3 rings (SSSR count). The molecule has 1 aliphatic carbocycles. The van der Waals surface area contributed by atoms with E-state index in [0.29, 0.717) is 12.8 Å². The maximum atomic E-state index is 11.9. The van der Waals surface area contributed by atoms with Crippen molar-refractivity contribution in [2.24, 2.45) is 11.8 Å². The van der Waals surface area contributed by atoms with Crippen LogP contribution in [0.25, 0.3) is 0 Å². The summed E-state index contributed by atoms with van der Waals surface area (Å²) in [6.45, 7) is 0. The Kier molecular flexibility index (Phi) is 2.40. The predicted octanol–water partition coefficient (Wildman–Crippen LogP) is 1.64. The van der Waals surface area contributed by atoms with Crippen LogP contribution < -0.4 is 0 Å². The van der Waals surface area contributed by atoms with E-state index in [2.05, 4.69) is 0 Å². The molecule has 0 N–H and O–H groups in total. The number of esters is 2. The van der Waals surface area contributed by atoms with Gasteiger partial charge < -0.3 is 9.47 Å². The normalized spacial score (nSPS) is 33.3. The van der Waals surface area contributed by atoms with Crippen molar-refractivity contribution in [3.8, 4) is 0 Å². The fourth-order valence-electron chi connectivity index (χ4n) is 3.21. The number of methoxy groups -OCH3 is 1. The number of carbonyl (C=O) groups excluding carboxylic acids is 2. The van der Waals surface area contributed by atoms with Crippen LogP contribution in [0.2, 0.25) is 0 Å². The van der Waals surface area contributed by atoms with Crippen LogP contribution in [0.1, 0.15) is 18.4 Å². The zero-order valence-electron chi connectivity index (χ0n) is 10.1. The number of hydrogen-bond donors (Lipinski definition) is 0. The number of rotatable bonds is 2. The van der Waals surface area contributed by atoms with Gasteiger partial charge in [0.15, 0.2) is 5.60 Å². The highest BCUT2D eigenvalue weighted by atomic mass is 16.6. The van der Waals surface area contributed by atoms with E-state index >= 15 is 0 Å². The lowest BCUT2D eigenvalue weighted by Crippen LogP contribution is -2.56. The van der Waals surface area contributed by atoms with Crippen LogP contribution in [0, 0.1) is 11.8 Å². The third-order valence-electron chi connectivity index (χ3n) is 4.04. The van der Waals surface area contributed by atoms with Crippen molar-refractivity contribution < 1.29 is 19.1 Å². The summed E-state index contributed by atoms with van der Waals surface area (Å²) in [6, 6.07) is 9.49. The van der Waals surface area contributed by atoms with Gasteiger partial charge in [0.1, 0.15) is 11.8 Å². The highest BCUT2D eigenvalue weighted by Gasteiger charge is 2.67. The summed E-state index contributed by atoms with van der Waals surface area (Å²) >= 11 is 0. The minimum absolute atomic E-state index is 0.203. The van der Waals surface area contributed by atoms with Crippen molar-refractivity contribution in [1.29, 1.82) is 0 Å². The van der Waals surface area contributed by atoms with Gasteiger partial charge in [-0.05, 0) is 18.4 Å². The first kappa shape index (κ1) is 11.3. The van der Waals surface area contributed by atoms with Crippen molar-refractivity contribution in [1.82, 2.24) is 0 Å². The largest absolute Gasteiger partial charge is 0.469 e. The van der Waals surface area contributed by atoms with Gasteiger partial charge in [0, 0.05) is 0 Å². The second-order valence-corrected chi connectivity index (χ2v) is 4.79. The van der Waals surface area contributed by atoms with Crippen LogP contribution in [0.15, 0.2) is 30.3 Å². The molecule has 4 heteroatoms. The van der Waals surface area contributed by atoms with Crippen LogP contribution in [-0.2, 0) is 24.7 Å². The third kappa shape index (κ3) is 1.26. The Morgan fingerprint density at radius 3 is 2.67 bits per heavy atom. The number of fused-ring (bicyclic) bond motifs is 1. The second-order valence-electron chi connectivity index (χ2n) is 4.79. The molecule has 0 spiro atoms. The van der Waals surface area contributed by atoms with Gasteiger partial charge in [-0.3, -0.25) is 9.59 Å². The van der Waals surface area contributed by atoms with E-state index in [9.17, 15) is 9.59 Å². The van der Waals surface area contributed by atoms with Gasteiger partial charge in [0.2, 0.25) is 0 Å². The zero-order chi connectivity index (χ0) is 12.8. The van der Waals surface area contributed by atoms with Gasteiger partial charge in [-0.2, -0.15) is 0 Å². The Hall–Kier alpha value is -1.84. The predicted molar refractivity (Wildman–Crippen MR) is 62.4 cm³/mol. The summed E-state index contributed by atoms with van der Waals surface area (Å²) in [6.07, 6.45) is 1.32. The van der Waals surface area contributed by atoms with E-state index in [4.69, 9.17) is 9.47 Å². The fraction of sp³-hybridized carbons (Fsp3) is 0.429. The molecule has 0 bridgehead atoms. The Bertz CT molecular complexity index is 496. The van der Waals surface area contributed by atoms with Gasteiger partial charge in [0.25, 0.3) is 0 Å². The van der Waals surface area contributed by atoms with Crippen LogP contribution >= 0.6 is 0 Å². The van der Waals surface area contributed by atoms with Crippen molar-refractivity contribution in [3.63, 3.8) is 0 Å². The third-order valence-corrected chi connectivity index (χ3v) is 4.04. The van der Waals surface area contributed by atoms with Gasteiger partial charge in [0.05, 0.1) is 7.11 Å². The van der Waals surface area contributed by atoms with E-state index in [1.807, 2.05) is 30.3 Å². The topological polar surface area (TPSA) is 52.6 Å². The highest BCUT2D eigenvalue weighted by Crippen LogP contribution is 2.57. The van der Waals surface area contributed by atoms with Crippen LogP contribution in [-0.4, -0.2) is 19.0 Å². The minimum atomic E-state index is -0.786. The van der Waals surface area contributed by atoms with E-state index < -0.39 is 5.60 Å². The molecule has 0 aromatic heterocycles. The van der Waals surface area contributed by atoms with E-state index in [1.54, 1.807) is 0 Å². The molecule has 1 heterocycles. The first-order valence-corrected chi connectivity index (χ1v) is 6.06. The van der Waals surface area contributed by atoms with E-state index in [-0.39, 0.29) is 23.8 Å². The van der Waals surface area contributed by atoms with E-state index in [1.165, 1.54) is 7.11 Å². The van der Waals surface area contributed by atoms with Crippen molar-refractivity contribution in [3.05, 3.63) is 35.9 Å². The van der Waals surface area contributed by atoms with E-state index in [0.717, 1.165) is 5.56 Å². The molecule has 94 valence electrons. The molecule has 3 atom stereocenters. The molecule has 2 fully saturated rings. The molecule has 1 aromatic carbocycles. The minimum Gasteiger partial charge on any atom is -0.469 e. The van der Waals surface area contributed by atoms with Gasteiger partial charge in [-0.1, -0.05) is 30.3 Å². The maximum Gasteiger partial charge on any atom is 0.314 e. The Morgan fingerprint density at radius 2 is 2.06 bits per heavy atom. The second kappa shape index (κ2) is 3.83. The first-order valence-electron chi connectivity index (χ1n) is 6.06. The summed E-state index contributed by atoms with van der Waals surface area (Å²) in [4.78, 5) is 23.4. The molecule has 0 radical (unpaired) electrons. The summed E-state index contributed by atoms with van der Waals surface area (Å²) in [5.41, 5.74) is 0.105. The van der Waals surface area contributed by atoms with Crippen molar-refractivity contribution >= 4 is 11.9 Å². The molecule has 18 heavy (non-hydrogen) atoms. The van der Waals surface area contributed by atoms with Gasteiger partial charge in [-0.25, -0.2) is 0 Å². The average Bonchev–Trinajstić information content (AvgIpc) is 2.72. The molecule has 1 aromatic rings. The quantitative estimate of drug-likeness (QED) is 0.744. The molecule has 1 saturated heterocycles.